The van der Waals surface area contributed by atoms with Crippen LogP contribution in [-0.4, -0.2) is 18.7 Å². The van der Waals surface area contributed by atoms with Gasteiger partial charge in [0.25, 0.3) is 0 Å². The van der Waals surface area contributed by atoms with E-state index in [1.807, 2.05) is 6.08 Å². The molecule has 0 aromatic carbocycles. The Bertz CT molecular complexity index is 221. The first-order valence-corrected chi connectivity index (χ1v) is 4.80. The molecule has 1 aliphatic rings. The van der Waals surface area contributed by atoms with Crippen LogP contribution in [0.2, 0.25) is 0 Å². The zero-order valence-corrected chi connectivity index (χ0v) is 7.99. The van der Waals surface area contributed by atoms with Crippen molar-refractivity contribution in [2.45, 2.75) is 26.2 Å². The Labute approximate surface area is 78.9 Å². The lowest BCUT2D eigenvalue weighted by Gasteiger charge is -2.11. The summed E-state index contributed by atoms with van der Waals surface area (Å²) in [6.07, 6.45) is 8.30. The molecule has 13 heavy (non-hydrogen) atoms. The van der Waals surface area contributed by atoms with E-state index >= 15 is 0 Å². The van der Waals surface area contributed by atoms with Gasteiger partial charge in [-0.3, -0.25) is 9.79 Å². The van der Waals surface area contributed by atoms with Crippen LogP contribution in [0.4, 0.5) is 0 Å². The van der Waals surface area contributed by atoms with E-state index in [0.717, 1.165) is 25.8 Å². The third-order valence-corrected chi connectivity index (χ3v) is 2.01. The quantitative estimate of drug-likeness (QED) is 0.654. The predicted molar refractivity (Wildman–Crippen MR) is 53.7 cm³/mol. The molecule has 0 aliphatic carbocycles. The van der Waals surface area contributed by atoms with E-state index in [2.05, 4.69) is 17.2 Å². The average molecular weight is 180 g/mol. The van der Waals surface area contributed by atoms with Gasteiger partial charge in [-0.05, 0) is 12.8 Å². The first-order chi connectivity index (χ1) is 6.34. The minimum absolute atomic E-state index is 0.0538. The van der Waals surface area contributed by atoms with Gasteiger partial charge < -0.3 is 5.32 Å². The van der Waals surface area contributed by atoms with Crippen molar-refractivity contribution in [3.8, 4) is 0 Å². The highest BCUT2D eigenvalue weighted by Crippen LogP contribution is 2.06. The average Bonchev–Trinajstić information content (AvgIpc) is 2.19. The van der Waals surface area contributed by atoms with E-state index in [0.29, 0.717) is 0 Å². The monoisotopic (exact) mass is 180 g/mol. The predicted octanol–water partition coefficient (Wildman–Crippen LogP) is 1.51. The molecule has 72 valence electrons. The molecule has 1 N–H and O–H groups in total. The highest BCUT2D eigenvalue weighted by atomic mass is 16.1. The maximum Gasteiger partial charge on any atom is 0.228 e. The van der Waals surface area contributed by atoms with Crippen molar-refractivity contribution in [2.75, 3.05) is 6.54 Å². The first kappa shape index (κ1) is 9.96. The van der Waals surface area contributed by atoms with Crippen LogP contribution in [0.15, 0.2) is 17.3 Å². The number of amides is 1. The molecule has 1 unspecified atom stereocenters. The Morgan fingerprint density at radius 2 is 2.54 bits per heavy atom. The van der Waals surface area contributed by atoms with Crippen molar-refractivity contribution < 1.29 is 4.79 Å². The van der Waals surface area contributed by atoms with Crippen molar-refractivity contribution in [1.82, 2.24) is 5.32 Å². The summed E-state index contributed by atoms with van der Waals surface area (Å²) in [6.45, 7) is 2.89. The summed E-state index contributed by atoms with van der Waals surface area (Å²) in [6, 6.07) is 0. The van der Waals surface area contributed by atoms with E-state index in [1.54, 1.807) is 12.4 Å². The van der Waals surface area contributed by atoms with Crippen molar-refractivity contribution in [3.05, 3.63) is 12.3 Å². The number of nitrogens with zero attached hydrogens (tertiary/aromatic N) is 1. The molecule has 3 nitrogen and oxygen atoms in total. The van der Waals surface area contributed by atoms with Gasteiger partial charge in [-0.15, -0.1) is 0 Å². The molecular weight excluding hydrogens is 164 g/mol. The van der Waals surface area contributed by atoms with Crippen LogP contribution < -0.4 is 5.32 Å². The molecule has 1 amide bonds. The summed E-state index contributed by atoms with van der Waals surface area (Å²) < 4.78 is 0. The van der Waals surface area contributed by atoms with Gasteiger partial charge in [0.2, 0.25) is 5.91 Å². The highest BCUT2D eigenvalue weighted by molar-refractivity contribution is 5.94. The molecule has 1 heterocycles. The lowest BCUT2D eigenvalue weighted by molar-refractivity contribution is -0.122. The third kappa shape index (κ3) is 3.40. The molecule has 0 bridgehead atoms. The third-order valence-electron chi connectivity index (χ3n) is 2.01. The summed E-state index contributed by atoms with van der Waals surface area (Å²) in [5.41, 5.74) is 0. The van der Waals surface area contributed by atoms with Gasteiger partial charge in [0.05, 0.1) is 5.92 Å². The molecule has 3 heteroatoms. The molecule has 0 fully saturated rings. The SMILES string of the molecule is CCCCNC(=O)C1C=NC=CC1. The topological polar surface area (TPSA) is 41.5 Å². The Morgan fingerprint density at radius 3 is 3.15 bits per heavy atom. The molecule has 0 spiro atoms. The van der Waals surface area contributed by atoms with Crippen LogP contribution in [0.25, 0.3) is 0 Å². The minimum atomic E-state index is -0.0538. The smallest absolute Gasteiger partial charge is 0.228 e. The molecule has 0 aromatic rings. The van der Waals surface area contributed by atoms with E-state index in [9.17, 15) is 4.79 Å². The standard InChI is InChI=1S/C10H16N2O/c1-2-3-7-12-10(13)9-5-4-6-11-8-9/h4,6,8-9H,2-3,5,7H2,1H3,(H,12,13). The molecule has 0 aromatic heterocycles. The first-order valence-electron chi connectivity index (χ1n) is 4.80. The zero-order valence-electron chi connectivity index (χ0n) is 7.99. The fraction of sp³-hybridized carbons (Fsp3) is 0.600. The summed E-state index contributed by atoms with van der Waals surface area (Å²) >= 11 is 0. The Hall–Kier alpha value is -1.12. The van der Waals surface area contributed by atoms with Crippen LogP contribution >= 0.6 is 0 Å². The van der Waals surface area contributed by atoms with Crippen LogP contribution in [0.5, 0.6) is 0 Å². The van der Waals surface area contributed by atoms with Gasteiger partial charge >= 0.3 is 0 Å². The van der Waals surface area contributed by atoms with Crippen LogP contribution in [0, 0.1) is 5.92 Å². The van der Waals surface area contributed by atoms with Crippen molar-refractivity contribution >= 4 is 12.1 Å². The maximum atomic E-state index is 11.4. The number of carbonyl (C=O) groups excluding carboxylic acids is 1. The van der Waals surface area contributed by atoms with Crippen LogP contribution in [0.1, 0.15) is 26.2 Å². The van der Waals surface area contributed by atoms with E-state index < -0.39 is 0 Å². The van der Waals surface area contributed by atoms with Gasteiger partial charge in [-0.2, -0.15) is 0 Å². The normalized spacial score (nSPS) is 20.2. The summed E-state index contributed by atoms with van der Waals surface area (Å²) in [7, 11) is 0. The van der Waals surface area contributed by atoms with Gasteiger partial charge in [0, 0.05) is 19.0 Å². The number of carbonyl (C=O) groups is 1. The largest absolute Gasteiger partial charge is 0.356 e. The zero-order chi connectivity index (χ0) is 9.52. The van der Waals surface area contributed by atoms with Crippen LogP contribution in [-0.2, 0) is 4.79 Å². The lowest BCUT2D eigenvalue weighted by atomic mass is 10.0. The van der Waals surface area contributed by atoms with Crippen LogP contribution in [0.3, 0.4) is 0 Å². The summed E-state index contributed by atoms with van der Waals surface area (Å²) in [4.78, 5) is 15.4. The van der Waals surface area contributed by atoms with Crippen molar-refractivity contribution in [2.24, 2.45) is 10.9 Å². The highest BCUT2D eigenvalue weighted by Gasteiger charge is 2.14. The van der Waals surface area contributed by atoms with Gasteiger partial charge in [0.15, 0.2) is 0 Å². The Balaban J connectivity index is 2.23. The van der Waals surface area contributed by atoms with Gasteiger partial charge in [0.1, 0.15) is 0 Å². The Kier molecular flexibility index (Phi) is 4.23. The Morgan fingerprint density at radius 1 is 1.69 bits per heavy atom. The number of nitrogens with one attached hydrogen (secondary N) is 1. The summed E-state index contributed by atoms with van der Waals surface area (Å²) in [5.74, 6) is 0.0448. The molecule has 1 aliphatic heterocycles. The van der Waals surface area contributed by atoms with Gasteiger partial charge in [-0.25, -0.2) is 0 Å². The fourth-order valence-electron chi connectivity index (χ4n) is 1.18. The van der Waals surface area contributed by atoms with E-state index in [-0.39, 0.29) is 11.8 Å². The summed E-state index contributed by atoms with van der Waals surface area (Å²) in [5, 5.41) is 2.89. The van der Waals surface area contributed by atoms with Gasteiger partial charge in [-0.1, -0.05) is 19.4 Å². The van der Waals surface area contributed by atoms with E-state index in [1.165, 1.54) is 0 Å². The maximum absolute atomic E-state index is 11.4. The molecule has 0 saturated heterocycles. The molecule has 1 rings (SSSR count). The minimum Gasteiger partial charge on any atom is -0.356 e. The fourth-order valence-corrected chi connectivity index (χ4v) is 1.18. The van der Waals surface area contributed by atoms with E-state index in [4.69, 9.17) is 0 Å². The molecule has 0 saturated carbocycles. The number of rotatable bonds is 4. The number of unbranched alkanes of at least 4 members (excludes halogenated alkanes) is 1. The number of aliphatic imine (C=N–C) groups is 1. The number of hydrogen-bond acceptors (Lipinski definition) is 2. The number of allylic oxidation sites excluding steroid dienone is 1. The molecular formula is C10H16N2O. The molecule has 1 atom stereocenters. The second kappa shape index (κ2) is 5.51. The second-order valence-corrected chi connectivity index (χ2v) is 3.17. The van der Waals surface area contributed by atoms with Crippen molar-refractivity contribution in [3.63, 3.8) is 0 Å². The lowest BCUT2D eigenvalue weighted by Crippen LogP contribution is -2.32. The second-order valence-electron chi connectivity index (χ2n) is 3.17. The number of hydrogen-bond donors (Lipinski definition) is 1. The van der Waals surface area contributed by atoms with Crippen molar-refractivity contribution in [1.29, 1.82) is 0 Å². The molecule has 0 radical (unpaired) electrons.